The largest absolute Gasteiger partial charge is 0.462 e. The van der Waals surface area contributed by atoms with Crippen LogP contribution in [0.4, 0.5) is 52.4 Å². The topological polar surface area (TPSA) is 677 Å². The number of nitrogen functional groups attached to an aromatic ring is 9. The third kappa shape index (κ3) is 69.4. The molecule has 18 N–H and O–H groups in total. The third-order valence-corrected chi connectivity index (χ3v) is 10.1. The molecule has 9 aromatic heterocycles. The smallest absolute Gasteiger partial charge is 0.376 e. The van der Waals surface area contributed by atoms with E-state index in [4.69, 9.17) is 61.1 Å². The summed E-state index contributed by atoms with van der Waals surface area (Å²) < 4.78 is 37.5. The number of aryl methyl sites for hydroxylation is 1. The van der Waals surface area contributed by atoms with Crippen molar-refractivity contribution in [2.45, 2.75) is 194 Å². The number of carbonyl (C=O) groups is 8. The van der Waals surface area contributed by atoms with Crippen molar-refractivity contribution in [1.29, 1.82) is 0 Å². The highest BCUT2D eigenvalue weighted by molar-refractivity contribution is 5.91. The normalized spacial score (nSPS) is 8.38. The van der Waals surface area contributed by atoms with E-state index in [0.717, 1.165) is 5.69 Å². The maximum Gasteiger partial charge on any atom is 0.376 e. The number of esters is 8. The van der Waals surface area contributed by atoms with Crippen molar-refractivity contribution in [3.63, 3.8) is 0 Å². The van der Waals surface area contributed by atoms with Gasteiger partial charge in [-0.3, -0.25) is 4.98 Å². The molecule has 0 radical (unpaired) electrons. The highest BCUT2D eigenvalue weighted by Crippen LogP contribution is 2.07. The number of ether oxygens (including phenoxy) is 8. The SMILES string of the molecule is C.CC.CC.CC.CC.CC.CC.CC.CC.CC.CCOC(=O)c1cc(N)cnn1.CCOC(=O)c1ccc(N)nn1.CCOC(=O)c1cnc(N)cn1.CCOC(=O)c1cnc(N)nc1.CCOC(=O)c1cncc(N)n1.CCOC(=O)c1cnnc(N)c1.CCOC(=O)c1ncc(N)cn1.CCOC(=O)c1nccc(N)n1.Cc1ccnc(N)n1. The van der Waals surface area contributed by atoms with Crippen LogP contribution in [-0.2, 0) is 37.9 Å². The maximum absolute atomic E-state index is 11.1. The summed E-state index contributed by atoms with van der Waals surface area (Å²) in [6.45, 7) is 54.2. The molecule has 0 bridgehead atoms. The summed E-state index contributed by atoms with van der Waals surface area (Å²) in [6, 6.07) is 9.12. The van der Waals surface area contributed by atoms with Crippen LogP contribution in [0, 0.1) is 6.92 Å². The zero-order chi connectivity index (χ0) is 95.8. The number of nitrogens with zero attached hydrogens (tertiary/aromatic N) is 18. The molecule has 9 aromatic rings. The predicted molar refractivity (Wildman–Crippen MR) is 479 cm³/mol. The number of aromatic nitrogens is 18. The summed E-state index contributed by atoms with van der Waals surface area (Å²) in [6.07, 6.45) is 16.4. The Kier molecular flexibility index (Phi) is 96.3. The van der Waals surface area contributed by atoms with Crippen molar-refractivity contribution in [3.8, 4) is 0 Å². The molecule has 9 rings (SSSR count). The Morgan fingerprint density at radius 3 is 1.11 bits per heavy atom. The number of nitrogens with two attached hydrogens (primary N) is 9. The Hall–Kier alpha value is -14.3. The molecule has 9 heterocycles. The molecule has 0 saturated heterocycles. The lowest BCUT2D eigenvalue weighted by Crippen LogP contribution is -2.10. The maximum atomic E-state index is 11.1. The molecule has 123 heavy (non-hydrogen) atoms. The van der Waals surface area contributed by atoms with Gasteiger partial charge in [0.05, 0.1) is 125 Å². The lowest BCUT2D eigenvalue weighted by molar-refractivity contribution is 0.0503. The van der Waals surface area contributed by atoms with Crippen LogP contribution in [0.1, 0.15) is 277 Å². The molecule has 43 nitrogen and oxygen atoms in total. The molecule has 0 fully saturated rings. The van der Waals surface area contributed by atoms with E-state index >= 15 is 0 Å². The molecule has 0 aliphatic rings. The molecule has 0 aliphatic carbocycles. The van der Waals surface area contributed by atoms with Gasteiger partial charge in [-0.2, -0.15) is 10.2 Å². The summed E-state index contributed by atoms with van der Waals surface area (Å²) in [7, 11) is 0. The Bertz CT molecular complexity index is 3580. The quantitative estimate of drug-likeness (QED) is 0.0320. The van der Waals surface area contributed by atoms with Gasteiger partial charge < -0.3 is 89.5 Å². The van der Waals surface area contributed by atoms with Crippen LogP contribution in [-0.4, -0.2) is 191 Å². The van der Waals surface area contributed by atoms with E-state index in [0.29, 0.717) is 81.3 Å². The first-order valence-corrected chi connectivity index (χ1v) is 39.2. The van der Waals surface area contributed by atoms with Crippen molar-refractivity contribution in [2.75, 3.05) is 104 Å². The molecule has 0 spiro atoms. The van der Waals surface area contributed by atoms with Crippen LogP contribution in [0.25, 0.3) is 0 Å². The average Bonchev–Trinajstić information content (AvgIpc) is 0.927. The van der Waals surface area contributed by atoms with Gasteiger partial charge in [0.15, 0.2) is 22.8 Å². The fourth-order valence-corrected chi connectivity index (χ4v) is 5.82. The number of hydrogen-bond donors (Lipinski definition) is 9. The van der Waals surface area contributed by atoms with Crippen LogP contribution >= 0.6 is 0 Å². The minimum Gasteiger partial charge on any atom is -0.462 e. The summed E-state index contributed by atoms with van der Waals surface area (Å²) >= 11 is 0. The lowest BCUT2D eigenvalue weighted by Gasteiger charge is -1.99. The van der Waals surface area contributed by atoms with Gasteiger partial charge in [0.1, 0.15) is 29.1 Å². The standard InChI is InChI=1S/8C7H9N3O2.C5H7N3.9C2H6.CH4/c1-2-12-7(11)5-3-10-6(8)4-9-5;1-2-12-7(11)5-3-9-4-6(8)10-5;1-2-12-7(11)6-9-3-5(8)4-10-6;1-2-12-6(11)5-3-9-7(8)10-4-5;1-2-12-7(11)6-3-5(8)4-9-10-6;1-2-12-7(11)5-3-6(8)10-9-4-5;1-2-12-7(11)6-9-4-3-5(8)10-6;1-2-12-7(11)5-3-4-6(8)10-9-5;1-4-2-3-7-5(6)8-4;9*1-2;/h2*3-4H,2H2,1H3,(H2,8,10);3-4H,2,8H2,1H3;3-4H,2H2,1H3,(H2,8,9,10);2*3-4H,2H2,1H3,(H2,8,10);3-4H,2H2,1H3,(H2,8,9,10);3-4H,2H2,1H3,(H2,8,10);2-3H,1H3,(H2,6,7,8);9*1-2H3;1H4. The first-order valence-electron chi connectivity index (χ1n) is 39.2. The molecular formula is C80H137N27O16. The number of carbonyl (C=O) groups excluding carboxylic acids is 8. The van der Waals surface area contributed by atoms with Crippen molar-refractivity contribution < 1.29 is 76.3 Å². The fraction of sp³-hybridized carbons (Fsp3) is 0.450. The molecule has 0 unspecified atom stereocenters. The molecule has 0 amide bonds. The molecule has 688 valence electrons. The van der Waals surface area contributed by atoms with Gasteiger partial charge in [0.25, 0.3) is 0 Å². The van der Waals surface area contributed by atoms with Crippen LogP contribution in [0.2, 0.25) is 0 Å². The van der Waals surface area contributed by atoms with E-state index in [1.807, 2.05) is 132 Å². The van der Waals surface area contributed by atoms with E-state index in [9.17, 15) is 38.4 Å². The second kappa shape index (κ2) is 91.6. The van der Waals surface area contributed by atoms with Crippen LogP contribution < -0.4 is 51.6 Å². The minimum absolute atomic E-state index is 0. The Morgan fingerprint density at radius 1 is 0.276 bits per heavy atom. The molecule has 43 heteroatoms. The van der Waals surface area contributed by atoms with Gasteiger partial charge in [0.2, 0.25) is 23.5 Å². The Labute approximate surface area is 724 Å². The zero-order valence-corrected chi connectivity index (χ0v) is 75.8. The first kappa shape index (κ1) is 129. The van der Waals surface area contributed by atoms with Crippen LogP contribution in [0.15, 0.2) is 111 Å². The van der Waals surface area contributed by atoms with E-state index in [1.165, 1.54) is 98.5 Å². The summed E-state index contributed by atoms with van der Waals surface area (Å²) in [4.78, 5) is 132. The first-order chi connectivity index (χ1) is 58.7. The highest BCUT2D eigenvalue weighted by Gasteiger charge is 2.14. The van der Waals surface area contributed by atoms with Crippen molar-refractivity contribution >= 4 is 100 Å². The molecular weight excluding hydrogens is 1600 g/mol. The van der Waals surface area contributed by atoms with Gasteiger partial charge >= 0.3 is 47.8 Å². The Balaban J connectivity index is -0.000000142. The number of anilines is 9. The van der Waals surface area contributed by atoms with Crippen LogP contribution in [0.5, 0.6) is 0 Å². The predicted octanol–water partition coefficient (Wildman–Crippen LogP) is 12.1. The van der Waals surface area contributed by atoms with E-state index in [2.05, 4.69) is 119 Å². The molecule has 0 aromatic carbocycles. The van der Waals surface area contributed by atoms with Gasteiger partial charge in [-0.25, -0.2) is 93.2 Å². The third-order valence-electron chi connectivity index (χ3n) is 10.1. The van der Waals surface area contributed by atoms with E-state index in [-0.39, 0.29) is 76.9 Å². The molecule has 0 aliphatic heterocycles. The number of hydrogen-bond acceptors (Lipinski definition) is 43. The summed E-state index contributed by atoms with van der Waals surface area (Å²) in [5.74, 6) is -2.17. The molecule has 0 saturated carbocycles. The van der Waals surface area contributed by atoms with Gasteiger partial charge in [-0.05, 0) is 98.7 Å². The second-order valence-electron chi connectivity index (χ2n) is 18.0. The van der Waals surface area contributed by atoms with E-state index < -0.39 is 47.8 Å². The number of rotatable bonds is 16. The van der Waals surface area contributed by atoms with Gasteiger partial charge in [-0.15, -0.1) is 20.4 Å². The Morgan fingerprint density at radius 2 is 0.707 bits per heavy atom. The van der Waals surface area contributed by atoms with E-state index in [1.54, 1.807) is 67.7 Å². The minimum atomic E-state index is -0.551. The highest BCUT2D eigenvalue weighted by atomic mass is 16.6. The van der Waals surface area contributed by atoms with Crippen LogP contribution in [0.3, 0.4) is 0 Å². The average molecular weight is 1730 g/mol. The van der Waals surface area contributed by atoms with Gasteiger partial charge in [0, 0.05) is 30.5 Å². The fourth-order valence-electron chi connectivity index (χ4n) is 5.82. The summed E-state index contributed by atoms with van der Waals surface area (Å²) in [5.41, 5.74) is 50.6. The van der Waals surface area contributed by atoms with Crippen molar-refractivity contribution in [1.82, 2.24) is 90.4 Å². The van der Waals surface area contributed by atoms with Crippen molar-refractivity contribution in [2.24, 2.45) is 0 Å². The van der Waals surface area contributed by atoms with Crippen molar-refractivity contribution in [3.05, 3.63) is 162 Å². The zero-order valence-electron chi connectivity index (χ0n) is 75.8. The molecule has 0 atom stereocenters. The summed E-state index contributed by atoms with van der Waals surface area (Å²) in [5, 5.41) is 21.1. The monoisotopic (exact) mass is 1730 g/mol. The second-order valence-corrected chi connectivity index (χ2v) is 18.0. The lowest BCUT2D eigenvalue weighted by atomic mass is 10.3. The van der Waals surface area contributed by atoms with Gasteiger partial charge in [-0.1, -0.05) is 132 Å².